The first-order valence-corrected chi connectivity index (χ1v) is 7.96. The zero-order valence-corrected chi connectivity index (χ0v) is 12.6. The lowest BCUT2D eigenvalue weighted by Crippen LogP contribution is -2.06. The number of aromatic nitrogens is 1. The fourth-order valence-electron chi connectivity index (χ4n) is 3.08. The first kappa shape index (κ1) is 12.7. The molecule has 0 amide bonds. The van der Waals surface area contributed by atoms with E-state index in [9.17, 15) is 5.11 Å². The molecule has 21 heavy (non-hydrogen) atoms. The number of fused-ring (bicyclic) bond motifs is 2. The number of hydrogen-bond donors (Lipinski definition) is 2. The Morgan fingerprint density at radius 1 is 1.24 bits per heavy atom. The number of thiazole rings is 1. The smallest absolute Gasteiger partial charge is 0.115 e. The topological polar surface area (TPSA) is 45.2 Å². The highest BCUT2D eigenvalue weighted by Gasteiger charge is 2.22. The highest BCUT2D eigenvalue weighted by molar-refractivity contribution is 7.18. The molecule has 0 fully saturated rings. The summed E-state index contributed by atoms with van der Waals surface area (Å²) in [5.74, 6) is 0.357. The first-order valence-electron chi connectivity index (χ1n) is 7.14. The Balaban J connectivity index is 1.64. The van der Waals surface area contributed by atoms with E-state index in [1.54, 1.807) is 17.4 Å². The molecule has 4 rings (SSSR count). The van der Waals surface area contributed by atoms with Gasteiger partial charge in [0.2, 0.25) is 0 Å². The molecule has 0 spiro atoms. The maximum atomic E-state index is 9.57. The van der Waals surface area contributed by atoms with Crippen molar-refractivity contribution < 1.29 is 5.11 Å². The van der Waals surface area contributed by atoms with E-state index in [2.05, 4.69) is 28.5 Å². The molecule has 3 nitrogen and oxygen atoms in total. The number of hydrogen-bond acceptors (Lipinski definition) is 4. The molecular weight excluding hydrogens is 280 g/mol. The van der Waals surface area contributed by atoms with Crippen LogP contribution in [-0.4, -0.2) is 10.1 Å². The lowest BCUT2D eigenvalue weighted by molar-refractivity contribution is 0.474. The van der Waals surface area contributed by atoms with Gasteiger partial charge < -0.3 is 10.4 Å². The molecule has 1 unspecified atom stereocenters. The first-order chi connectivity index (χ1) is 10.2. The normalized spacial score (nSPS) is 17.1. The molecule has 3 aromatic rings. The monoisotopic (exact) mass is 296 g/mol. The summed E-state index contributed by atoms with van der Waals surface area (Å²) < 4.78 is 1.22. The summed E-state index contributed by atoms with van der Waals surface area (Å²) in [7, 11) is 0. The number of benzene rings is 2. The number of rotatable bonds is 2. The Hall–Kier alpha value is -2.07. The van der Waals surface area contributed by atoms with Gasteiger partial charge in [-0.25, -0.2) is 4.98 Å². The second-order valence-corrected chi connectivity index (χ2v) is 6.77. The van der Waals surface area contributed by atoms with E-state index in [1.165, 1.54) is 15.8 Å². The number of phenols is 1. The van der Waals surface area contributed by atoms with Gasteiger partial charge in [-0.1, -0.05) is 6.07 Å². The lowest BCUT2D eigenvalue weighted by atomic mass is 10.1. The Bertz CT molecular complexity index is 825. The van der Waals surface area contributed by atoms with Crippen LogP contribution in [0, 0.1) is 6.92 Å². The molecule has 0 bridgehead atoms. The summed E-state index contributed by atoms with van der Waals surface area (Å²) in [6.07, 6.45) is 2.09. The lowest BCUT2D eigenvalue weighted by Gasteiger charge is -2.15. The molecule has 0 saturated carbocycles. The largest absolute Gasteiger partial charge is 0.508 e. The average Bonchev–Trinajstić information content (AvgIpc) is 3.01. The molecule has 4 heteroatoms. The molecule has 1 atom stereocenters. The van der Waals surface area contributed by atoms with Gasteiger partial charge in [-0.3, -0.25) is 0 Å². The number of nitrogens with one attached hydrogen (secondary N) is 1. The van der Waals surface area contributed by atoms with E-state index < -0.39 is 0 Å². The minimum Gasteiger partial charge on any atom is -0.508 e. The zero-order valence-electron chi connectivity index (χ0n) is 11.8. The van der Waals surface area contributed by atoms with Crippen LogP contribution in [0.3, 0.4) is 0 Å². The highest BCUT2D eigenvalue weighted by Crippen LogP contribution is 2.36. The van der Waals surface area contributed by atoms with Gasteiger partial charge >= 0.3 is 0 Å². The van der Waals surface area contributed by atoms with Crippen molar-refractivity contribution in [2.75, 3.05) is 5.32 Å². The predicted octanol–water partition coefficient (Wildman–Crippen LogP) is 4.41. The Kier molecular flexibility index (Phi) is 2.86. The van der Waals surface area contributed by atoms with Gasteiger partial charge in [-0.05, 0) is 61.2 Å². The fourth-order valence-corrected chi connectivity index (χ4v) is 3.95. The Morgan fingerprint density at radius 2 is 2.14 bits per heavy atom. The molecular formula is C17H16N2OS. The van der Waals surface area contributed by atoms with Crippen LogP contribution in [0.4, 0.5) is 5.69 Å². The van der Waals surface area contributed by atoms with Crippen LogP contribution in [0.5, 0.6) is 5.75 Å². The zero-order chi connectivity index (χ0) is 14.4. The summed E-state index contributed by atoms with van der Waals surface area (Å²) in [5.41, 5.74) is 4.76. The van der Waals surface area contributed by atoms with Crippen LogP contribution >= 0.6 is 11.3 Å². The third kappa shape index (κ3) is 2.25. The Morgan fingerprint density at radius 3 is 3.05 bits per heavy atom. The van der Waals surface area contributed by atoms with Crippen molar-refractivity contribution in [3.05, 3.63) is 52.5 Å². The number of aryl methyl sites for hydroxylation is 2. The minimum absolute atomic E-state index is 0.326. The van der Waals surface area contributed by atoms with Crippen LogP contribution in [0.1, 0.15) is 28.6 Å². The van der Waals surface area contributed by atoms with Crippen molar-refractivity contribution in [3.8, 4) is 5.75 Å². The van der Waals surface area contributed by atoms with E-state index in [0.29, 0.717) is 11.8 Å². The van der Waals surface area contributed by atoms with Crippen LogP contribution in [0.25, 0.3) is 10.2 Å². The second kappa shape index (κ2) is 4.74. The molecule has 2 aromatic carbocycles. The van der Waals surface area contributed by atoms with E-state index >= 15 is 0 Å². The molecule has 1 aliphatic rings. The summed E-state index contributed by atoms with van der Waals surface area (Å²) in [4.78, 5) is 4.49. The van der Waals surface area contributed by atoms with Crippen molar-refractivity contribution in [2.45, 2.75) is 25.8 Å². The number of nitrogens with zero attached hydrogens (tertiary/aromatic N) is 1. The molecule has 0 aliphatic heterocycles. The van der Waals surface area contributed by atoms with E-state index in [1.807, 2.05) is 19.1 Å². The van der Waals surface area contributed by atoms with Crippen molar-refractivity contribution in [3.63, 3.8) is 0 Å². The van der Waals surface area contributed by atoms with E-state index in [0.717, 1.165) is 29.1 Å². The molecule has 1 aromatic heterocycles. The van der Waals surface area contributed by atoms with Crippen LogP contribution in [0.2, 0.25) is 0 Å². The SMILES string of the molecule is Cc1nc2ccc(NC3CCc4cc(O)ccc43)cc2s1. The Labute approximate surface area is 127 Å². The summed E-state index contributed by atoms with van der Waals surface area (Å²) in [6, 6.07) is 12.4. The van der Waals surface area contributed by atoms with Gasteiger partial charge in [0.1, 0.15) is 5.75 Å². The maximum Gasteiger partial charge on any atom is 0.115 e. The van der Waals surface area contributed by atoms with Crippen molar-refractivity contribution in [2.24, 2.45) is 0 Å². The van der Waals surface area contributed by atoms with Crippen LogP contribution in [0.15, 0.2) is 36.4 Å². The fraction of sp³-hybridized carbons (Fsp3) is 0.235. The van der Waals surface area contributed by atoms with E-state index in [-0.39, 0.29) is 0 Å². The van der Waals surface area contributed by atoms with Gasteiger partial charge in [-0.2, -0.15) is 0 Å². The minimum atomic E-state index is 0.326. The molecule has 0 saturated heterocycles. The number of phenolic OH excluding ortho intramolecular Hbond substituents is 1. The molecule has 0 radical (unpaired) electrons. The van der Waals surface area contributed by atoms with Gasteiger partial charge in [0.15, 0.2) is 0 Å². The maximum absolute atomic E-state index is 9.57. The van der Waals surface area contributed by atoms with Gasteiger partial charge in [0.25, 0.3) is 0 Å². The van der Waals surface area contributed by atoms with Crippen molar-refractivity contribution in [1.29, 1.82) is 0 Å². The van der Waals surface area contributed by atoms with Crippen molar-refractivity contribution in [1.82, 2.24) is 4.98 Å². The average molecular weight is 296 g/mol. The second-order valence-electron chi connectivity index (χ2n) is 5.53. The molecule has 2 N–H and O–H groups in total. The van der Waals surface area contributed by atoms with E-state index in [4.69, 9.17) is 0 Å². The quantitative estimate of drug-likeness (QED) is 0.736. The number of anilines is 1. The predicted molar refractivity (Wildman–Crippen MR) is 87.1 cm³/mol. The molecule has 1 heterocycles. The molecule has 1 aliphatic carbocycles. The standard InChI is InChI=1S/C17H16N2OS/c1-10-18-16-7-3-12(9-17(16)21-10)19-15-6-2-11-8-13(20)4-5-14(11)15/h3-5,7-9,15,19-20H,2,6H2,1H3. The summed E-state index contributed by atoms with van der Waals surface area (Å²) >= 11 is 1.73. The van der Waals surface area contributed by atoms with Gasteiger partial charge in [0, 0.05) is 5.69 Å². The summed E-state index contributed by atoms with van der Waals surface area (Å²) in [6.45, 7) is 2.04. The van der Waals surface area contributed by atoms with Gasteiger partial charge in [0.05, 0.1) is 21.3 Å². The number of aromatic hydroxyl groups is 1. The summed E-state index contributed by atoms with van der Waals surface area (Å²) in [5, 5.41) is 14.3. The molecule has 106 valence electrons. The van der Waals surface area contributed by atoms with Crippen LogP contribution < -0.4 is 5.32 Å². The third-order valence-electron chi connectivity index (χ3n) is 4.04. The highest BCUT2D eigenvalue weighted by atomic mass is 32.1. The third-order valence-corrected chi connectivity index (χ3v) is 4.97. The van der Waals surface area contributed by atoms with Crippen LogP contribution in [-0.2, 0) is 6.42 Å². The van der Waals surface area contributed by atoms with Crippen molar-refractivity contribution >= 4 is 27.2 Å². The van der Waals surface area contributed by atoms with Gasteiger partial charge in [-0.15, -0.1) is 11.3 Å².